The van der Waals surface area contributed by atoms with Gasteiger partial charge in [0.2, 0.25) is 5.91 Å². The number of rotatable bonds is 1. The zero-order valence-electron chi connectivity index (χ0n) is 8.81. The molecule has 16 heavy (non-hydrogen) atoms. The summed E-state index contributed by atoms with van der Waals surface area (Å²) in [6.45, 7) is 2.12. The van der Waals surface area contributed by atoms with E-state index in [-0.39, 0.29) is 5.91 Å². The largest absolute Gasteiger partial charge is 0.368 e. The lowest BCUT2D eigenvalue weighted by Gasteiger charge is -2.21. The summed E-state index contributed by atoms with van der Waals surface area (Å²) in [4.78, 5) is 17.3. The summed E-state index contributed by atoms with van der Waals surface area (Å²) in [7, 11) is 0. The first-order chi connectivity index (χ1) is 7.79. The van der Waals surface area contributed by atoms with Crippen molar-refractivity contribution in [2.24, 2.45) is 0 Å². The van der Waals surface area contributed by atoms with Crippen LogP contribution in [-0.2, 0) is 4.79 Å². The maximum Gasteiger partial charge on any atom is 0.221 e. The monoisotopic (exact) mass is 216 g/mol. The molecule has 1 fully saturated rings. The van der Waals surface area contributed by atoms with E-state index in [4.69, 9.17) is 5.26 Å². The molecule has 0 unspecified atom stereocenters. The highest BCUT2D eigenvalue weighted by Crippen LogP contribution is 2.13. The molecule has 1 N–H and O–H groups in total. The summed E-state index contributed by atoms with van der Waals surface area (Å²) in [5.41, 5.74) is 1.36. The van der Waals surface area contributed by atoms with Crippen LogP contribution in [0.5, 0.6) is 0 Å². The first-order valence-electron chi connectivity index (χ1n) is 5.17. The number of hydrogen-bond acceptors (Lipinski definition) is 4. The second-order valence-electron chi connectivity index (χ2n) is 3.60. The van der Waals surface area contributed by atoms with Crippen LogP contribution in [0.4, 0.5) is 5.69 Å². The van der Waals surface area contributed by atoms with Crippen LogP contribution in [0.1, 0.15) is 12.1 Å². The molecule has 0 saturated carbocycles. The van der Waals surface area contributed by atoms with Crippen LogP contribution in [0.2, 0.25) is 0 Å². The number of pyridine rings is 1. The van der Waals surface area contributed by atoms with Crippen molar-refractivity contribution in [2.45, 2.75) is 6.42 Å². The van der Waals surface area contributed by atoms with Gasteiger partial charge in [0.1, 0.15) is 11.8 Å². The van der Waals surface area contributed by atoms with Gasteiger partial charge in [-0.2, -0.15) is 5.26 Å². The molecule has 0 spiro atoms. The second kappa shape index (κ2) is 4.62. The van der Waals surface area contributed by atoms with E-state index >= 15 is 0 Å². The van der Waals surface area contributed by atoms with E-state index in [1.165, 1.54) is 0 Å². The van der Waals surface area contributed by atoms with Gasteiger partial charge in [-0.05, 0) is 12.1 Å². The molecule has 0 aromatic carbocycles. The molecule has 1 amide bonds. The molecule has 1 aromatic heterocycles. The Morgan fingerprint density at radius 1 is 1.44 bits per heavy atom. The van der Waals surface area contributed by atoms with E-state index in [0.29, 0.717) is 25.2 Å². The molecule has 0 atom stereocenters. The van der Waals surface area contributed by atoms with Crippen molar-refractivity contribution in [2.75, 3.05) is 24.5 Å². The van der Waals surface area contributed by atoms with Gasteiger partial charge in [0.15, 0.2) is 0 Å². The summed E-state index contributed by atoms with van der Waals surface area (Å²) in [5, 5.41) is 11.5. The van der Waals surface area contributed by atoms with Crippen LogP contribution < -0.4 is 10.2 Å². The highest BCUT2D eigenvalue weighted by Gasteiger charge is 2.13. The van der Waals surface area contributed by atoms with Gasteiger partial charge in [0.25, 0.3) is 0 Å². The van der Waals surface area contributed by atoms with Gasteiger partial charge >= 0.3 is 0 Å². The molecule has 1 aromatic rings. The van der Waals surface area contributed by atoms with Crippen molar-refractivity contribution in [3.05, 3.63) is 24.0 Å². The smallest absolute Gasteiger partial charge is 0.221 e. The number of anilines is 1. The number of nitriles is 1. The first kappa shape index (κ1) is 10.4. The minimum Gasteiger partial charge on any atom is -0.368 e. The molecule has 0 radical (unpaired) electrons. The minimum atomic E-state index is 0.0871. The van der Waals surface area contributed by atoms with Crippen LogP contribution >= 0.6 is 0 Å². The summed E-state index contributed by atoms with van der Waals surface area (Å²) in [6, 6.07) is 5.53. The SMILES string of the molecule is N#Cc1ccc(N2CCNC(=O)CC2)cn1. The molecule has 2 rings (SSSR count). The molecule has 0 aliphatic carbocycles. The standard InChI is InChI=1S/C11H12N4O/c12-7-9-1-2-10(8-14-9)15-5-3-11(16)13-4-6-15/h1-2,8H,3-6H2,(H,13,16). The minimum absolute atomic E-state index is 0.0871. The average molecular weight is 216 g/mol. The topological polar surface area (TPSA) is 69.0 Å². The molecular formula is C11H12N4O. The third kappa shape index (κ3) is 2.28. The van der Waals surface area contributed by atoms with Crippen LogP contribution in [-0.4, -0.2) is 30.5 Å². The Labute approximate surface area is 93.7 Å². The van der Waals surface area contributed by atoms with Crippen molar-refractivity contribution < 1.29 is 4.79 Å². The van der Waals surface area contributed by atoms with Gasteiger partial charge in [-0.1, -0.05) is 0 Å². The quantitative estimate of drug-likeness (QED) is 0.732. The van der Waals surface area contributed by atoms with Crippen molar-refractivity contribution in [3.8, 4) is 6.07 Å². The Balaban J connectivity index is 2.11. The third-order valence-corrected chi connectivity index (χ3v) is 2.54. The molecule has 1 aliphatic heterocycles. The molecule has 1 aliphatic rings. The van der Waals surface area contributed by atoms with Crippen molar-refractivity contribution >= 4 is 11.6 Å². The Morgan fingerprint density at radius 3 is 3.00 bits per heavy atom. The summed E-state index contributed by atoms with van der Waals surface area (Å²) in [6.07, 6.45) is 2.17. The first-order valence-corrected chi connectivity index (χ1v) is 5.17. The van der Waals surface area contributed by atoms with Gasteiger partial charge in [-0.3, -0.25) is 4.79 Å². The zero-order chi connectivity index (χ0) is 11.4. The number of amides is 1. The zero-order valence-corrected chi connectivity index (χ0v) is 8.81. The Kier molecular flexibility index (Phi) is 3.01. The van der Waals surface area contributed by atoms with Crippen LogP contribution in [0.25, 0.3) is 0 Å². The number of aromatic nitrogens is 1. The molecule has 2 heterocycles. The van der Waals surface area contributed by atoms with Crippen LogP contribution in [0.15, 0.2) is 18.3 Å². The van der Waals surface area contributed by atoms with Gasteiger partial charge in [0.05, 0.1) is 11.9 Å². The van der Waals surface area contributed by atoms with Crippen LogP contribution in [0.3, 0.4) is 0 Å². The number of carbonyl (C=O) groups excluding carboxylic acids is 1. The maximum absolute atomic E-state index is 11.2. The second-order valence-corrected chi connectivity index (χ2v) is 3.60. The van der Waals surface area contributed by atoms with E-state index in [9.17, 15) is 4.79 Å². The average Bonchev–Trinajstić information content (AvgIpc) is 2.54. The highest BCUT2D eigenvalue weighted by molar-refractivity contribution is 5.77. The van der Waals surface area contributed by atoms with Crippen molar-refractivity contribution in [1.29, 1.82) is 5.26 Å². The normalized spacial score (nSPS) is 16.2. The fraction of sp³-hybridized carbons (Fsp3) is 0.364. The van der Waals surface area contributed by atoms with Crippen LogP contribution in [0, 0.1) is 11.3 Å². The van der Waals surface area contributed by atoms with E-state index in [2.05, 4.69) is 15.2 Å². The van der Waals surface area contributed by atoms with Gasteiger partial charge < -0.3 is 10.2 Å². The fourth-order valence-corrected chi connectivity index (χ4v) is 1.66. The third-order valence-electron chi connectivity index (χ3n) is 2.54. The number of nitrogens with zero attached hydrogens (tertiary/aromatic N) is 3. The Morgan fingerprint density at radius 2 is 2.31 bits per heavy atom. The summed E-state index contributed by atoms with van der Waals surface area (Å²) < 4.78 is 0. The maximum atomic E-state index is 11.2. The predicted octanol–water partition coefficient (Wildman–Crippen LogP) is 0.280. The van der Waals surface area contributed by atoms with E-state index in [1.807, 2.05) is 12.1 Å². The van der Waals surface area contributed by atoms with Gasteiger partial charge in [-0.25, -0.2) is 4.98 Å². The van der Waals surface area contributed by atoms with Gasteiger partial charge in [-0.15, -0.1) is 0 Å². The van der Waals surface area contributed by atoms with Gasteiger partial charge in [0, 0.05) is 26.1 Å². The predicted molar refractivity (Wildman–Crippen MR) is 58.8 cm³/mol. The van der Waals surface area contributed by atoms with E-state index in [1.54, 1.807) is 12.3 Å². The molecule has 0 bridgehead atoms. The molecule has 5 heteroatoms. The lowest BCUT2D eigenvalue weighted by atomic mass is 10.3. The van der Waals surface area contributed by atoms with E-state index < -0.39 is 0 Å². The molecule has 1 saturated heterocycles. The Bertz CT molecular complexity index is 421. The molecule has 5 nitrogen and oxygen atoms in total. The summed E-state index contributed by atoms with van der Waals surface area (Å²) in [5.74, 6) is 0.0871. The number of hydrogen-bond donors (Lipinski definition) is 1. The number of nitrogens with one attached hydrogen (secondary N) is 1. The molecule has 82 valence electrons. The van der Waals surface area contributed by atoms with E-state index in [0.717, 1.165) is 12.2 Å². The fourth-order valence-electron chi connectivity index (χ4n) is 1.66. The van der Waals surface area contributed by atoms with Crippen molar-refractivity contribution in [3.63, 3.8) is 0 Å². The highest BCUT2D eigenvalue weighted by atomic mass is 16.1. The number of carbonyl (C=O) groups is 1. The lowest BCUT2D eigenvalue weighted by molar-refractivity contribution is -0.120. The lowest BCUT2D eigenvalue weighted by Crippen LogP contribution is -2.28. The van der Waals surface area contributed by atoms with Crippen molar-refractivity contribution in [1.82, 2.24) is 10.3 Å². The Hall–Kier alpha value is -2.09. The molecular weight excluding hydrogens is 204 g/mol. The summed E-state index contributed by atoms with van der Waals surface area (Å²) >= 11 is 0.